The van der Waals surface area contributed by atoms with Crippen molar-refractivity contribution in [2.45, 2.75) is 38.9 Å². The highest BCUT2D eigenvalue weighted by Gasteiger charge is 2.52. The molecule has 3 rings (SSSR count). The van der Waals surface area contributed by atoms with Gasteiger partial charge in [0.2, 0.25) is 0 Å². The summed E-state index contributed by atoms with van der Waals surface area (Å²) in [6.45, 7) is 7.57. The molecule has 1 aromatic heterocycles. The van der Waals surface area contributed by atoms with Crippen LogP contribution < -0.4 is 5.46 Å². The average Bonchev–Trinajstić information content (AvgIpc) is 2.87. The molecule has 6 nitrogen and oxygen atoms in total. The Balaban J connectivity index is 2.19. The molecule has 1 aliphatic rings. The van der Waals surface area contributed by atoms with Crippen molar-refractivity contribution in [3.8, 4) is 0 Å². The van der Waals surface area contributed by atoms with Crippen molar-refractivity contribution >= 4 is 33.5 Å². The van der Waals surface area contributed by atoms with Gasteiger partial charge in [0.15, 0.2) is 0 Å². The minimum Gasteiger partial charge on any atom is -0.399 e. The third-order valence-corrected chi connectivity index (χ3v) is 5.39. The fraction of sp³-hybridized carbons (Fsp3) is 0.500. The zero-order valence-electron chi connectivity index (χ0n) is 13.6. The van der Waals surface area contributed by atoms with E-state index < -0.39 is 34.2 Å². The topological polar surface area (TPSA) is 70.4 Å². The fourth-order valence-electron chi connectivity index (χ4n) is 2.52. The van der Waals surface area contributed by atoms with Gasteiger partial charge in [0.1, 0.15) is 5.82 Å². The molecule has 0 spiro atoms. The van der Waals surface area contributed by atoms with Crippen LogP contribution >= 0.6 is 0 Å². The highest BCUT2D eigenvalue weighted by molar-refractivity contribution is 7.89. The predicted octanol–water partition coefficient (Wildman–Crippen LogP) is 1.28. The number of halogens is 1. The summed E-state index contributed by atoms with van der Waals surface area (Å²) >= 11 is 0. The SMILES string of the molecule is CC1(C)OB(c2cc(F)cc3c2cnn3S(C)(=O)=O)OC1(C)C. The Morgan fingerprint density at radius 1 is 1.17 bits per heavy atom. The van der Waals surface area contributed by atoms with E-state index in [0.29, 0.717) is 10.8 Å². The molecule has 124 valence electrons. The quantitative estimate of drug-likeness (QED) is 0.771. The third kappa shape index (κ3) is 2.56. The number of benzene rings is 1. The van der Waals surface area contributed by atoms with E-state index in [4.69, 9.17) is 9.31 Å². The minimum atomic E-state index is -3.63. The number of rotatable bonds is 2. The van der Waals surface area contributed by atoms with Crippen molar-refractivity contribution in [3.05, 3.63) is 24.1 Å². The second kappa shape index (κ2) is 4.78. The first kappa shape index (κ1) is 16.4. The van der Waals surface area contributed by atoms with E-state index in [1.807, 2.05) is 27.7 Å². The first-order chi connectivity index (χ1) is 10.4. The molecule has 0 saturated carbocycles. The van der Waals surface area contributed by atoms with Crippen molar-refractivity contribution < 1.29 is 22.1 Å². The van der Waals surface area contributed by atoms with Gasteiger partial charge in [-0.2, -0.15) is 9.19 Å². The maximum atomic E-state index is 14.0. The Morgan fingerprint density at radius 3 is 2.26 bits per heavy atom. The molecule has 0 N–H and O–H groups in total. The monoisotopic (exact) mass is 340 g/mol. The lowest BCUT2D eigenvalue weighted by atomic mass is 9.77. The van der Waals surface area contributed by atoms with Gasteiger partial charge in [-0.05, 0) is 39.2 Å². The summed E-state index contributed by atoms with van der Waals surface area (Å²) in [6, 6.07) is 2.43. The molecule has 2 aromatic rings. The molecule has 0 atom stereocenters. The Bertz CT molecular complexity index is 876. The van der Waals surface area contributed by atoms with E-state index >= 15 is 0 Å². The van der Waals surface area contributed by atoms with Gasteiger partial charge in [-0.1, -0.05) is 0 Å². The van der Waals surface area contributed by atoms with Gasteiger partial charge in [-0.15, -0.1) is 0 Å². The van der Waals surface area contributed by atoms with Crippen molar-refractivity contribution in [1.29, 1.82) is 0 Å². The lowest BCUT2D eigenvalue weighted by Crippen LogP contribution is -2.41. The van der Waals surface area contributed by atoms with E-state index in [1.165, 1.54) is 12.3 Å². The fourth-order valence-corrected chi connectivity index (χ4v) is 3.25. The number of hydrogen-bond donors (Lipinski definition) is 0. The first-order valence-corrected chi connectivity index (χ1v) is 9.00. The van der Waals surface area contributed by atoms with E-state index in [0.717, 1.165) is 16.4 Å². The molecule has 2 heterocycles. The second-order valence-corrected chi connectivity index (χ2v) is 8.58. The number of nitrogens with zero attached hydrogens (tertiary/aromatic N) is 2. The molecule has 1 aromatic carbocycles. The Hall–Kier alpha value is -1.45. The molecule has 0 aliphatic carbocycles. The molecule has 9 heteroatoms. The van der Waals surface area contributed by atoms with E-state index in [9.17, 15) is 12.8 Å². The highest BCUT2D eigenvalue weighted by Crippen LogP contribution is 2.37. The molecular weight excluding hydrogens is 322 g/mol. The van der Waals surface area contributed by atoms with Crippen molar-refractivity contribution in [3.63, 3.8) is 0 Å². The zero-order chi connectivity index (χ0) is 17.2. The molecular formula is C14H18BFN2O4S. The largest absolute Gasteiger partial charge is 0.495 e. The molecule has 1 fully saturated rings. The summed E-state index contributed by atoms with van der Waals surface area (Å²) in [4.78, 5) is 0. The number of hydrogen-bond acceptors (Lipinski definition) is 5. The standard InChI is InChI=1S/C14H18BFN2O4S/c1-13(2)14(3,4)22-15(21-13)11-6-9(16)7-12-10(11)8-17-18(12)23(5,19)20/h6-8H,1-5H3. The molecule has 1 aliphatic heterocycles. The second-order valence-electron chi connectivity index (χ2n) is 6.77. The lowest BCUT2D eigenvalue weighted by molar-refractivity contribution is 0.00578. The van der Waals surface area contributed by atoms with Crippen LogP contribution in [0.25, 0.3) is 10.9 Å². The van der Waals surface area contributed by atoms with Crippen molar-refractivity contribution in [1.82, 2.24) is 9.19 Å². The smallest absolute Gasteiger partial charge is 0.399 e. The maximum Gasteiger partial charge on any atom is 0.495 e. The van der Waals surface area contributed by atoms with Crippen LogP contribution in [0.1, 0.15) is 27.7 Å². The molecule has 0 amide bonds. The van der Waals surface area contributed by atoms with Gasteiger partial charge in [0.05, 0.1) is 29.2 Å². The summed E-state index contributed by atoms with van der Waals surface area (Å²) in [5, 5.41) is 4.35. The van der Waals surface area contributed by atoms with Gasteiger partial charge in [0, 0.05) is 11.5 Å². The normalized spacial score (nSPS) is 20.3. The van der Waals surface area contributed by atoms with E-state index in [1.54, 1.807) is 0 Å². The zero-order valence-corrected chi connectivity index (χ0v) is 14.4. The van der Waals surface area contributed by atoms with Crippen LogP contribution in [0.15, 0.2) is 18.3 Å². The summed E-state index contributed by atoms with van der Waals surface area (Å²) in [6.07, 6.45) is 2.40. The molecule has 0 unspecified atom stereocenters. The molecule has 23 heavy (non-hydrogen) atoms. The van der Waals surface area contributed by atoms with Crippen LogP contribution in [-0.4, -0.2) is 42.2 Å². The van der Waals surface area contributed by atoms with Crippen LogP contribution in [0.5, 0.6) is 0 Å². The first-order valence-electron chi connectivity index (χ1n) is 7.16. The summed E-state index contributed by atoms with van der Waals surface area (Å²) in [7, 11) is -4.43. The summed E-state index contributed by atoms with van der Waals surface area (Å²) in [5.41, 5.74) is -0.572. The highest BCUT2D eigenvalue weighted by atomic mass is 32.2. The van der Waals surface area contributed by atoms with E-state index in [-0.39, 0.29) is 5.52 Å². The average molecular weight is 340 g/mol. The van der Waals surface area contributed by atoms with Gasteiger partial charge < -0.3 is 9.31 Å². The van der Waals surface area contributed by atoms with Crippen LogP contribution in [0, 0.1) is 5.82 Å². The van der Waals surface area contributed by atoms with Gasteiger partial charge in [0.25, 0.3) is 10.0 Å². The van der Waals surface area contributed by atoms with Crippen molar-refractivity contribution in [2.75, 3.05) is 6.26 Å². The maximum absolute atomic E-state index is 14.0. The third-order valence-electron chi connectivity index (χ3n) is 4.47. The summed E-state index contributed by atoms with van der Waals surface area (Å²) in [5.74, 6) is -0.576. The molecule has 1 saturated heterocycles. The Morgan fingerprint density at radius 2 is 1.74 bits per heavy atom. The minimum absolute atomic E-state index is 0.164. The van der Waals surface area contributed by atoms with Crippen LogP contribution in [0.4, 0.5) is 4.39 Å². The van der Waals surface area contributed by atoms with Gasteiger partial charge in [-0.3, -0.25) is 0 Å². The van der Waals surface area contributed by atoms with Gasteiger partial charge in [-0.25, -0.2) is 12.8 Å². The van der Waals surface area contributed by atoms with Crippen LogP contribution in [0.2, 0.25) is 0 Å². The van der Waals surface area contributed by atoms with Crippen LogP contribution in [-0.2, 0) is 19.3 Å². The Labute approximate surface area is 134 Å². The number of aromatic nitrogens is 2. The Kier molecular flexibility index (Phi) is 3.41. The molecule has 0 bridgehead atoms. The summed E-state index contributed by atoms with van der Waals surface area (Å²) < 4.78 is 50.3. The lowest BCUT2D eigenvalue weighted by Gasteiger charge is -2.32. The number of fused-ring (bicyclic) bond motifs is 1. The predicted molar refractivity (Wildman–Crippen MR) is 85.6 cm³/mol. The van der Waals surface area contributed by atoms with Crippen LogP contribution in [0.3, 0.4) is 0 Å². The van der Waals surface area contributed by atoms with Crippen molar-refractivity contribution in [2.24, 2.45) is 0 Å². The molecule has 0 radical (unpaired) electrons. The van der Waals surface area contributed by atoms with E-state index in [2.05, 4.69) is 5.10 Å². The van der Waals surface area contributed by atoms with Gasteiger partial charge >= 0.3 is 7.12 Å².